The molecular weight excluding hydrogens is 188 g/mol. The van der Waals surface area contributed by atoms with Crippen LogP contribution in [0.1, 0.15) is 0 Å². The molecule has 0 atom stereocenters. The van der Waals surface area contributed by atoms with E-state index in [0.717, 1.165) is 13.1 Å². The highest BCUT2D eigenvalue weighted by Crippen LogP contribution is 2.07. The summed E-state index contributed by atoms with van der Waals surface area (Å²) in [5.74, 6) is 0.997. The number of sulfone groups is 1. The van der Waals surface area contributed by atoms with Crippen molar-refractivity contribution in [3.8, 4) is 0 Å². The van der Waals surface area contributed by atoms with Crippen LogP contribution < -0.4 is 5.32 Å². The molecule has 1 aliphatic heterocycles. The molecular formula is C8H18N2O2S. The van der Waals surface area contributed by atoms with E-state index < -0.39 is 9.84 Å². The van der Waals surface area contributed by atoms with Crippen molar-refractivity contribution in [1.82, 2.24) is 10.2 Å². The lowest BCUT2D eigenvalue weighted by Gasteiger charge is -2.26. The normalized spacial score (nSPS) is 19.0. The highest BCUT2D eigenvalue weighted by atomic mass is 32.2. The Kier molecular flexibility index (Phi) is 3.70. The van der Waals surface area contributed by atoms with Crippen LogP contribution in [-0.2, 0) is 9.84 Å². The van der Waals surface area contributed by atoms with Gasteiger partial charge in [0.05, 0.1) is 11.5 Å². The Morgan fingerprint density at radius 3 is 2.38 bits per heavy atom. The Morgan fingerprint density at radius 2 is 2.00 bits per heavy atom. The molecule has 0 spiro atoms. The van der Waals surface area contributed by atoms with Gasteiger partial charge in [-0.2, -0.15) is 0 Å². The maximum absolute atomic E-state index is 11.5. The zero-order chi connectivity index (χ0) is 9.90. The summed E-state index contributed by atoms with van der Waals surface area (Å²) in [5, 5.41) is 3.07. The summed E-state index contributed by atoms with van der Waals surface area (Å²) >= 11 is 0. The van der Waals surface area contributed by atoms with Crippen LogP contribution >= 0.6 is 0 Å². The van der Waals surface area contributed by atoms with Gasteiger partial charge in [0, 0.05) is 19.6 Å². The van der Waals surface area contributed by atoms with Gasteiger partial charge in [0.2, 0.25) is 0 Å². The molecule has 4 nitrogen and oxygen atoms in total. The molecule has 78 valence electrons. The zero-order valence-electron chi connectivity index (χ0n) is 8.28. The minimum absolute atomic E-state index is 0.288. The summed E-state index contributed by atoms with van der Waals surface area (Å²) in [6.45, 7) is 2.35. The van der Waals surface area contributed by atoms with E-state index in [1.54, 1.807) is 0 Å². The van der Waals surface area contributed by atoms with Crippen molar-refractivity contribution in [2.24, 2.45) is 5.92 Å². The first kappa shape index (κ1) is 10.9. The first-order chi connectivity index (χ1) is 5.99. The van der Waals surface area contributed by atoms with Crippen LogP contribution in [0.25, 0.3) is 0 Å². The van der Waals surface area contributed by atoms with Gasteiger partial charge in [-0.3, -0.25) is 0 Å². The Hall–Kier alpha value is -0.130. The summed E-state index contributed by atoms with van der Waals surface area (Å²) in [4.78, 5) is 1.90. The summed E-state index contributed by atoms with van der Waals surface area (Å²) in [7, 11) is 0.960. The molecule has 0 aromatic heterocycles. The molecule has 0 bridgehead atoms. The monoisotopic (exact) mass is 206 g/mol. The quantitative estimate of drug-likeness (QED) is 0.639. The number of hydrogen-bond donors (Lipinski definition) is 1. The molecule has 0 aromatic rings. The molecule has 5 heteroatoms. The minimum atomic E-state index is -2.82. The van der Waals surface area contributed by atoms with E-state index in [4.69, 9.17) is 0 Å². The van der Waals surface area contributed by atoms with Crippen molar-refractivity contribution in [3.63, 3.8) is 0 Å². The highest BCUT2D eigenvalue weighted by molar-refractivity contribution is 7.91. The van der Waals surface area contributed by atoms with Gasteiger partial charge in [0.25, 0.3) is 0 Å². The van der Waals surface area contributed by atoms with E-state index in [0.29, 0.717) is 18.2 Å². The predicted molar refractivity (Wildman–Crippen MR) is 53.6 cm³/mol. The number of nitrogens with one attached hydrogen (secondary N) is 1. The van der Waals surface area contributed by atoms with Gasteiger partial charge in [-0.05, 0) is 20.0 Å². The lowest BCUT2D eigenvalue weighted by Crippen LogP contribution is -2.46. The average molecular weight is 206 g/mol. The molecule has 1 saturated heterocycles. The Bertz CT molecular complexity index is 245. The first-order valence-electron chi connectivity index (χ1n) is 4.55. The molecule has 1 rings (SSSR count). The molecule has 0 amide bonds. The summed E-state index contributed by atoms with van der Waals surface area (Å²) in [5.41, 5.74) is 0. The van der Waals surface area contributed by atoms with Gasteiger partial charge in [-0.25, -0.2) is 8.42 Å². The van der Waals surface area contributed by atoms with Crippen LogP contribution in [0.5, 0.6) is 0 Å². The topological polar surface area (TPSA) is 49.4 Å². The fourth-order valence-corrected chi connectivity index (χ4v) is 2.99. The third kappa shape index (κ3) is 4.06. The first-order valence-corrected chi connectivity index (χ1v) is 6.37. The molecule has 1 heterocycles. The molecule has 0 aliphatic carbocycles. The second-order valence-corrected chi connectivity index (χ2v) is 6.17. The van der Waals surface area contributed by atoms with E-state index in [2.05, 4.69) is 5.32 Å². The summed E-state index contributed by atoms with van der Waals surface area (Å²) < 4.78 is 23.0. The predicted octanol–water partition coefficient (Wildman–Crippen LogP) is -0.818. The Labute approximate surface area is 80.2 Å². The molecule has 0 aromatic carbocycles. The molecule has 1 aliphatic rings. The van der Waals surface area contributed by atoms with Gasteiger partial charge >= 0.3 is 0 Å². The molecule has 1 N–H and O–H groups in total. The smallest absolute Gasteiger partial charge is 0.151 e. The fourth-order valence-electron chi connectivity index (χ4n) is 1.23. The fraction of sp³-hybridized carbons (Fsp3) is 1.00. The molecule has 0 radical (unpaired) electrons. The molecule has 1 fully saturated rings. The lowest BCUT2D eigenvalue weighted by atomic mass is 10.1. The molecule has 13 heavy (non-hydrogen) atoms. The standard InChI is InChI=1S/C8H18N2O2S/c1-10(2)3-4-13(11,12)7-8-5-9-6-8/h8-9H,3-7H2,1-2H3. The molecule has 0 saturated carbocycles. The number of hydrogen-bond acceptors (Lipinski definition) is 4. The van der Waals surface area contributed by atoms with Crippen molar-refractivity contribution in [2.45, 2.75) is 0 Å². The Morgan fingerprint density at radius 1 is 1.38 bits per heavy atom. The van der Waals surface area contributed by atoms with Crippen LogP contribution in [0.15, 0.2) is 0 Å². The lowest BCUT2D eigenvalue weighted by molar-refractivity contribution is 0.377. The molecule has 0 unspecified atom stereocenters. The second kappa shape index (κ2) is 4.39. The number of nitrogens with zero attached hydrogens (tertiary/aromatic N) is 1. The van der Waals surface area contributed by atoms with Crippen molar-refractivity contribution in [1.29, 1.82) is 0 Å². The summed E-state index contributed by atoms with van der Waals surface area (Å²) in [6, 6.07) is 0. The van der Waals surface area contributed by atoms with Crippen LogP contribution in [0.2, 0.25) is 0 Å². The van der Waals surface area contributed by atoms with E-state index in [1.807, 2.05) is 19.0 Å². The maximum atomic E-state index is 11.5. The van der Waals surface area contributed by atoms with E-state index in [9.17, 15) is 8.42 Å². The van der Waals surface area contributed by atoms with Gasteiger partial charge in [0.15, 0.2) is 9.84 Å². The van der Waals surface area contributed by atoms with Crippen LogP contribution in [-0.4, -0.2) is 58.6 Å². The van der Waals surface area contributed by atoms with Gasteiger partial charge in [-0.15, -0.1) is 0 Å². The van der Waals surface area contributed by atoms with Gasteiger partial charge < -0.3 is 10.2 Å². The van der Waals surface area contributed by atoms with E-state index in [-0.39, 0.29) is 5.75 Å². The maximum Gasteiger partial charge on any atom is 0.151 e. The third-order valence-electron chi connectivity index (χ3n) is 2.21. The van der Waals surface area contributed by atoms with Crippen LogP contribution in [0, 0.1) is 5.92 Å². The van der Waals surface area contributed by atoms with Crippen LogP contribution in [0.3, 0.4) is 0 Å². The zero-order valence-corrected chi connectivity index (χ0v) is 9.10. The highest BCUT2D eigenvalue weighted by Gasteiger charge is 2.23. The van der Waals surface area contributed by atoms with Gasteiger partial charge in [-0.1, -0.05) is 0 Å². The Balaban J connectivity index is 2.28. The number of rotatable bonds is 5. The second-order valence-electron chi connectivity index (χ2n) is 3.94. The average Bonchev–Trinajstić information content (AvgIpc) is 1.94. The van der Waals surface area contributed by atoms with Gasteiger partial charge in [0.1, 0.15) is 0 Å². The van der Waals surface area contributed by atoms with Crippen molar-refractivity contribution < 1.29 is 8.42 Å². The van der Waals surface area contributed by atoms with Crippen molar-refractivity contribution >= 4 is 9.84 Å². The van der Waals surface area contributed by atoms with E-state index >= 15 is 0 Å². The largest absolute Gasteiger partial charge is 0.316 e. The summed E-state index contributed by atoms with van der Waals surface area (Å²) in [6.07, 6.45) is 0. The van der Waals surface area contributed by atoms with E-state index in [1.165, 1.54) is 0 Å². The van der Waals surface area contributed by atoms with Crippen molar-refractivity contribution in [2.75, 3.05) is 45.2 Å². The van der Waals surface area contributed by atoms with Crippen LogP contribution in [0.4, 0.5) is 0 Å². The third-order valence-corrected chi connectivity index (χ3v) is 3.99. The SMILES string of the molecule is CN(C)CCS(=O)(=O)CC1CNC1. The minimum Gasteiger partial charge on any atom is -0.316 e. The van der Waals surface area contributed by atoms with Crippen molar-refractivity contribution in [3.05, 3.63) is 0 Å².